The summed E-state index contributed by atoms with van der Waals surface area (Å²) in [7, 11) is 0. The molecular formula is C22H16Cl2N4O4S. The van der Waals surface area contributed by atoms with Gasteiger partial charge < -0.3 is 5.32 Å². The number of amides is 2. The highest BCUT2D eigenvalue weighted by molar-refractivity contribution is 7.99. The van der Waals surface area contributed by atoms with Gasteiger partial charge in [-0.1, -0.05) is 47.1 Å². The summed E-state index contributed by atoms with van der Waals surface area (Å²) >= 11 is 13.2. The zero-order chi connectivity index (χ0) is 24.0. The Balaban J connectivity index is 1.88. The molecule has 0 radical (unpaired) electrons. The summed E-state index contributed by atoms with van der Waals surface area (Å²) in [5.41, 5.74) is 3.39. The normalized spacial score (nSPS) is 10.8. The van der Waals surface area contributed by atoms with E-state index in [-0.39, 0.29) is 22.2 Å². The van der Waals surface area contributed by atoms with Crippen molar-refractivity contribution in [2.75, 3.05) is 5.32 Å². The van der Waals surface area contributed by atoms with Gasteiger partial charge in [0.15, 0.2) is 0 Å². The Kier molecular flexibility index (Phi) is 8.05. The van der Waals surface area contributed by atoms with Crippen LogP contribution in [0.15, 0.2) is 75.6 Å². The van der Waals surface area contributed by atoms with E-state index in [1.54, 1.807) is 18.2 Å². The zero-order valence-corrected chi connectivity index (χ0v) is 19.4. The van der Waals surface area contributed by atoms with Gasteiger partial charge in [0.1, 0.15) is 0 Å². The molecule has 0 bridgehead atoms. The van der Waals surface area contributed by atoms with E-state index in [1.165, 1.54) is 55.2 Å². The lowest BCUT2D eigenvalue weighted by Gasteiger charge is -2.11. The Hall–Kier alpha value is -3.40. The summed E-state index contributed by atoms with van der Waals surface area (Å²) in [6.07, 6.45) is 1.30. The average Bonchev–Trinajstić information content (AvgIpc) is 2.75. The van der Waals surface area contributed by atoms with Crippen molar-refractivity contribution < 1.29 is 14.5 Å². The monoisotopic (exact) mass is 502 g/mol. The number of nitrogens with zero attached hydrogens (tertiary/aromatic N) is 2. The quantitative estimate of drug-likeness (QED) is 0.241. The highest BCUT2D eigenvalue weighted by Gasteiger charge is 2.14. The van der Waals surface area contributed by atoms with Crippen LogP contribution in [0.5, 0.6) is 0 Å². The molecule has 0 spiro atoms. The molecule has 0 saturated carbocycles. The van der Waals surface area contributed by atoms with Gasteiger partial charge >= 0.3 is 0 Å². The van der Waals surface area contributed by atoms with Gasteiger partial charge in [-0.05, 0) is 36.4 Å². The molecule has 0 aromatic heterocycles. The van der Waals surface area contributed by atoms with Gasteiger partial charge in [-0.25, -0.2) is 5.43 Å². The smallest absolute Gasteiger partial charge is 0.272 e. The fourth-order valence-electron chi connectivity index (χ4n) is 2.70. The predicted octanol–water partition coefficient (Wildman–Crippen LogP) is 5.78. The maximum Gasteiger partial charge on any atom is 0.272 e. The second-order valence-electron chi connectivity index (χ2n) is 6.58. The summed E-state index contributed by atoms with van der Waals surface area (Å²) in [6, 6.07) is 15.9. The minimum atomic E-state index is -0.566. The lowest BCUT2D eigenvalue weighted by molar-refractivity contribution is -0.384. The van der Waals surface area contributed by atoms with E-state index >= 15 is 0 Å². The maximum absolute atomic E-state index is 12.4. The Morgan fingerprint density at radius 1 is 1.06 bits per heavy atom. The fraction of sp³-hybridized carbons (Fsp3) is 0.0455. The van der Waals surface area contributed by atoms with Crippen molar-refractivity contribution in [2.45, 2.75) is 16.7 Å². The SMILES string of the molecule is CC(=O)Nc1ccccc1Sc1ccc([N+](=O)[O-])cc1/C=N/NC(=O)c1ccc(Cl)cc1Cl. The van der Waals surface area contributed by atoms with E-state index in [0.29, 0.717) is 21.2 Å². The molecular weight excluding hydrogens is 487 g/mol. The summed E-state index contributed by atoms with van der Waals surface area (Å²) in [5.74, 6) is -0.791. The molecule has 0 aliphatic carbocycles. The third-order valence-electron chi connectivity index (χ3n) is 4.17. The first-order valence-electron chi connectivity index (χ1n) is 9.36. The topological polar surface area (TPSA) is 114 Å². The third kappa shape index (κ3) is 6.55. The van der Waals surface area contributed by atoms with E-state index in [1.807, 2.05) is 12.1 Å². The molecule has 3 rings (SSSR count). The van der Waals surface area contributed by atoms with Crippen LogP contribution in [0.1, 0.15) is 22.8 Å². The molecule has 3 aromatic rings. The first kappa shape index (κ1) is 24.2. The van der Waals surface area contributed by atoms with Crippen molar-refractivity contribution >= 4 is 64.4 Å². The molecule has 33 heavy (non-hydrogen) atoms. The summed E-state index contributed by atoms with van der Waals surface area (Å²) in [5, 5.41) is 18.5. The van der Waals surface area contributed by atoms with Gasteiger partial charge in [-0.3, -0.25) is 19.7 Å². The maximum atomic E-state index is 12.4. The number of hydrogen-bond donors (Lipinski definition) is 2. The second kappa shape index (κ2) is 11.0. The molecule has 168 valence electrons. The molecule has 0 aliphatic rings. The van der Waals surface area contributed by atoms with Gasteiger partial charge in [-0.15, -0.1) is 0 Å². The van der Waals surface area contributed by atoms with Gasteiger partial charge in [0.2, 0.25) is 5.91 Å². The largest absolute Gasteiger partial charge is 0.325 e. The number of rotatable bonds is 7. The Labute approximate surface area is 203 Å². The lowest BCUT2D eigenvalue weighted by atomic mass is 10.2. The highest BCUT2D eigenvalue weighted by atomic mass is 35.5. The standard InChI is InChI=1S/C22H16Cl2N4O4S/c1-13(29)26-19-4-2-3-5-21(19)33-20-9-7-16(28(31)32)10-14(20)12-25-27-22(30)17-8-6-15(23)11-18(17)24/h2-12H,1H3,(H,26,29)(H,27,30)/b25-12+. The van der Waals surface area contributed by atoms with Crippen LogP contribution < -0.4 is 10.7 Å². The van der Waals surface area contributed by atoms with E-state index < -0.39 is 10.8 Å². The Morgan fingerprint density at radius 3 is 2.52 bits per heavy atom. The van der Waals surface area contributed by atoms with Crippen molar-refractivity contribution in [3.05, 3.63) is 92.0 Å². The van der Waals surface area contributed by atoms with Crippen molar-refractivity contribution in [2.24, 2.45) is 5.10 Å². The Bertz CT molecular complexity index is 1270. The predicted molar refractivity (Wildman–Crippen MR) is 129 cm³/mol. The number of carbonyl (C=O) groups is 2. The number of para-hydroxylation sites is 1. The molecule has 0 atom stereocenters. The first-order chi connectivity index (χ1) is 15.7. The number of nitro benzene ring substituents is 1. The molecule has 0 unspecified atom stereocenters. The average molecular weight is 503 g/mol. The van der Waals surface area contributed by atoms with Crippen LogP contribution in [0, 0.1) is 10.1 Å². The first-order valence-corrected chi connectivity index (χ1v) is 10.9. The number of nitro groups is 1. The van der Waals surface area contributed by atoms with Crippen molar-refractivity contribution in [1.29, 1.82) is 0 Å². The van der Waals surface area contributed by atoms with Crippen LogP contribution in [-0.4, -0.2) is 23.0 Å². The minimum absolute atomic E-state index is 0.136. The second-order valence-corrected chi connectivity index (χ2v) is 8.51. The molecule has 2 N–H and O–H groups in total. The molecule has 3 aromatic carbocycles. The lowest BCUT2D eigenvalue weighted by Crippen LogP contribution is -2.18. The third-order valence-corrected chi connectivity index (χ3v) is 5.88. The van der Waals surface area contributed by atoms with E-state index in [2.05, 4.69) is 15.8 Å². The minimum Gasteiger partial charge on any atom is -0.325 e. The van der Waals surface area contributed by atoms with Crippen molar-refractivity contribution in [1.82, 2.24) is 5.43 Å². The van der Waals surface area contributed by atoms with Crippen molar-refractivity contribution in [3.63, 3.8) is 0 Å². The van der Waals surface area contributed by atoms with Crippen LogP contribution in [0.2, 0.25) is 10.0 Å². The fourth-order valence-corrected chi connectivity index (χ4v) is 4.18. The number of anilines is 1. The number of benzene rings is 3. The van der Waals surface area contributed by atoms with Crippen LogP contribution >= 0.6 is 35.0 Å². The number of halogens is 2. The molecule has 2 amide bonds. The number of non-ortho nitro benzene ring substituents is 1. The molecule has 0 saturated heterocycles. The number of nitrogens with one attached hydrogen (secondary N) is 2. The summed E-state index contributed by atoms with van der Waals surface area (Å²) < 4.78 is 0. The van der Waals surface area contributed by atoms with Crippen LogP contribution in [0.3, 0.4) is 0 Å². The number of hydrazone groups is 1. The molecule has 0 heterocycles. The molecule has 0 aliphatic heterocycles. The summed E-state index contributed by atoms with van der Waals surface area (Å²) in [6.45, 7) is 1.40. The molecule has 8 nitrogen and oxygen atoms in total. The summed E-state index contributed by atoms with van der Waals surface area (Å²) in [4.78, 5) is 35.9. The number of hydrogen-bond acceptors (Lipinski definition) is 6. The van der Waals surface area contributed by atoms with E-state index in [9.17, 15) is 19.7 Å². The number of carbonyl (C=O) groups excluding carboxylic acids is 2. The van der Waals surface area contributed by atoms with E-state index in [0.717, 1.165) is 4.90 Å². The van der Waals surface area contributed by atoms with Crippen molar-refractivity contribution in [3.8, 4) is 0 Å². The molecule has 0 fully saturated rings. The highest BCUT2D eigenvalue weighted by Crippen LogP contribution is 2.36. The van der Waals surface area contributed by atoms with Gasteiger partial charge in [-0.2, -0.15) is 5.10 Å². The Morgan fingerprint density at radius 2 is 1.82 bits per heavy atom. The molecule has 11 heteroatoms. The van der Waals surface area contributed by atoms with Gasteiger partial charge in [0.25, 0.3) is 11.6 Å². The zero-order valence-electron chi connectivity index (χ0n) is 17.0. The van der Waals surface area contributed by atoms with E-state index in [4.69, 9.17) is 23.2 Å². The van der Waals surface area contributed by atoms with Gasteiger partial charge in [0.05, 0.1) is 27.4 Å². The van der Waals surface area contributed by atoms with Crippen LogP contribution in [-0.2, 0) is 4.79 Å². The van der Waals surface area contributed by atoms with Gasteiger partial charge in [0, 0.05) is 39.4 Å². The van der Waals surface area contributed by atoms with Crippen LogP contribution in [0.4, 0.5) is 11.4 Å². The van der Waals surface area contributed by atoms with Crippen LogP contribution in [0.25, 0.3) is 0 Å².